The Bertz CT molecular complexity index is 1170. The van der Waals surface area contributed by atoms with E-state index < -0.39 is 6.04 Å². The SMILES string of the molecule is COc1ccc(NC(=O)CC2C(=O)N(Cc3ccccc3)C(=S)N2Cc2ccc(F)cc2)cc1. The normalized spacial score (nSPS) is 15.5. The Morgan fingerprint density at radius 3 is 2.26 bits per heavy atom. The molecule has 0 radical (unpaired) electrons. The van der Waals surface area contributed by atoms with Gasteiger partial charge in [0.2, 0.25) is 5.91 Å². The number of hydrogen-bond donors (Lipinski definition) is 1. The molecule has 1 N–H and O–H groups in total. The summed E-state index contributed by atoms with van der Waals surface area (Å²) in [6.07, 6.45) is -0.0719. The lowest BCUT2D eigenvalue weighted by atomic mass is 10.1. The van der Waals surface area contributed by atoms with Gasteiger partial charge in [0.25, 0.3) is 5.91 Å². The molecule has 2 amide bonds. The van der Waals surface area contributed by atoms with E-state index in [1.165, 1.54) is 17.0 Å². The lowest BCUT2D eigenvalue weighted by Gasteiger charge is -2.24. The van der Waals surface area contributed by atoms with Crippen LogP contribution in [0.15, 0.2) is 78.9 Å². The van der Waals surface area contributed by atoms with Crippen LogP contribution in [0.5, 0.6) is 5.75 Å². The Morgan fingerprint density at radius 1 is 0.971 bits per heavy atom. The third kappa shape index (κ3) is 5.40. The number of nitrogens with one attached hydrogen (secondary N) is 1. The molecule has 1 aliphatic heterocycles. The number of thiocarbonyl (C=S) groups is 1. The third-order valence-corrected chi connectivity index (χ3v) is 6.06. The number of halogens is 1. The van der Waals surface area contributed by atoms with Crippen molar-refractivity contribution in [1.29, 1.82) is 0 Å². The maximum atomic E-state index is 13.4. The summed E-state index contributed by atoms with van der Waals surface area (Å²) >= 11 is 5.66. The molecule has 0 bridgehead atoms. The Hall–Kier alpha value is -3.78. The summed E-state index contributed by atoms with van der Waals surface area (Å²) in [6.45, 7) is 0.603. The van der Waals surface area contributed by atoms with E-state index in [0.29, 0.717) is 23.1 Å². The molecule has 34 heavy (non-hydrogen) atoms. The summed E-state index contributed by atoms with van der Waals surface area (Å²) in [5.74, 6) is -0.209. The molecule has 1 aliphatic rings. The van der Waals surface area contributed by atoms with E-state index in [2.05, 4.69) is 5.32 Å². The number of rotatable bonds is 8. The van der Waals surface area contributed by atoms with E-state index in [9.17, 15) is 14.0 Å². The molecular formula is C26H24FN3O3S. The molecule has 174 valence electrons. The number of amides is 2. The van der Waals surface area contributed by atoms with E-state index in [4.69, 9.17) is 17.0 Å². The average molecular weight is 478 g/mol. The Kier molecular flexibility index (Phi) is 7.18. The summed E-state index contributed by atoms with van der Waals surface area (Å²) in [5.41, 5.74) is 2.33. The minimum Gasteiger partial charge on any atom is -0.497 e. The molecule has 0 aromatic heterocycles. The third-order valence-electron chi connectivity index (χ3n) is 5.61. The minimum atomic E-state index is -0.764. The summed E-state index contributed by atoms with van der Waals surface area (Å²) in [5, 5.41) is 3.17. The lowest BCUT2D eigenvalue weighted by molar-refractivity contribution is -0.131. The zero-order valence-electron chi connectivity index (χ0n) is 18.6. The molecule has 1 saturated heterocycles. The zero-order valence-corrected chi connectivity index (χ0v) is 19.4. The standard InChI is InChI=1S/C26H24FN3O3S/c1-33-22-13-11-21(12-14-22)28-24(31)15-23-25(32)30(17-18-5-3-2-4-6-18)26(34)29(23)16-19-7-9-20(27)10-8-19/h2-14,23H,15-17H2,1H3,(H,28,31). The highest BCUT2D eigenvalue weighted by Crippen LogP contribution is 2.26. The summed E-state index contributed by atoms with van der Waals surface area (Å²) in [7, 11) is 1.57. The van der Waals surface area contributed by atoms with Gasteiger partial charge in [-0.3, -0.25) is 14.5 Å². The first-order chi connectivity index (χ1) is 16.4. The van der Waals surface area contributed by atoms with Crippen LogP contribution in [0.2, 0.25) is 0 Å². The molecule has 1 heterocycles. The monoisotopic (exact) mass is 477 g/mol. The van der Waals surface area contributed by atoms with Crippen LogP contribution in [0, 0.1) is 5.82 Å². The molecule has 1 fully saturated rings. The highest BCUT2D eigenvalue weighted by molar-refractivity contribution is 7.80. The largest absolute Gasteiger partial charge is 0.497 e. The van der Waals surface area contributed by atoms with Gasteiger partial charge in [-0.1, -0.05) is 42.5 Å². The molecular weight excluding hydrogens is 453 g/mol. The predicted molar refractivity (Wildman–Crippen MR) is 132 cm³/mol. The number of benzene rings is 3. The number of carbonyl (C=O) groups is 2. The van der Waals surface area contributed by atoms with Crippen molar-refractivity contribution >= 4 is 34.8 Å². The van der Waals surface area contributed by atoms with Crippen molar-refractivity contribution in [2.24, 2.45) is 0 Å². The number of carbonyl (C=O) groups excluding carboxylic acids is 2. The van der Waals surface area contributed by atoms with Crippen molar-refractivity contribution in [3.63, 3.8) is 0 Å². The first kappa shape index (κ1) is 23.4. The average Bonchev–Trinajstić information content (AvgIpc) is 3.05. The van der Waals surface area contributed by atoms with Gasteiger partial charge in [0.15, 0.2) is 5.11 Å². The van der Waals surface area contributed by atoms with E-state index in [0.717, 1.165) is 11.1 Å². The number of hydrogen-bond acceptors (Lipinski definition) is 4. The lowest BCUT2D eigenvalue weighted by Crippen LogP contribution is -2.37. The molecule has 6 nitrogen and oxygen atoms in total. The van der Waals surface area contributed by atoms with Gasteiger partial charge in [-0.15, -0.1) is 0 Å². The van der Waals surface area contributed by atoms with Gasteiger partial charge in [0, 0.05) is 12.2 Å². The second kappa shape index (κ2) is 10.4. The van der Waals surface area contributed by atoms with Crippen LogP contribution in [-0.2, 0) is 22.7 Å². The van der Waals surface area contributed by atoms with Gasteiger partial charge in [0.05, 0.1) is 20.1 Å². The van der Waals surface area contributed by atoms with E-state index >= 15 is 0 Å². The fraction of sp³-hybridized carbons (Fsp3) is 0.192. The highest BCUT2D eigenvalue weighted by atomic mass is 32.1. The summed E-state index contributed by atoms with van der Waals surface area (Å²) in [6, 6.07) is 21.8. The molecule has 0 aliphatic carbocycles. The van der Waals surface area contributed by atoms with Crippen LogP contribution in [0.4, 0.5) is 10.1 Å². The first-order valence-electron chi connectivity index (χ1n) is 10.8. The number of methoxy groups -OCH3 is 1. The van der Waals surface area contributed by atoms with Crippen molar-refractivity contribution < 1.29 is 18.7 Å². The number of anilines is 1. The molecule has 8 heteroatoms. The Labute approximate surface area is 202 Å². The van der Waals surface area contributed by atoms with Gasteiger partial charge in [0.1, 0.15) is 17.6 Å². The predicted octanol–water partition coefficient (Wildman–Crippen LogP) is 4.36. The second-order valence-electron chi connectivity index (χ2n) is 7.94. The van der Waals surface area contributed by atoms with Crippen LogP contribution >= 0.6 is 12.2 Å². The van der Waals surface area contributed by atoms with Crippen molar-refractivity contribution in [3.05, 3.63) is 95.8 Å². The second-order valence-corrected chi connectivity index (χ2v) is 8.31. The fourth-order valence-electron chi connectivity index (χ4n) is 3.83. The smallest absolute Gasteiger partial charge is 0.252 e. The molecule has 1 unspecified atom stereocenters. The first-order valence-corrected chi connectivity index (χ1v) is 11.2. The molecule has 3 aromatic carbocycles. The van der Waals surface area contributed by atoms with Crippen molar-refractivity contribution in [1.82, 2.24) is 9.80 Å². The van der Waals surface area contributed by atoms with Gasteiger partial charge in [-0.25, -0.2) is 4.39 Å². The van der Waals surface area contributed by atoms with Crippen molar-refractivity contribution in [2.45, 2.75) is 25.6 Å². The van der Waals surface area contributed by atoms with Crippen LogP contribution in [0.25, 0.3) is 0 Å². The number of nitrogens with zero attached hydrogens (tertiary/aromatic N) is 2. The van der Waals surface area contributed by atoms with Crippen LogP contribution in [0.1, 0.15) is 17.5 Å². The maximum Gasteiger partial charge on any atom is 0.252 e. The topological polar surface area (TPSA) is 61.9 Å². The minimum absolute atomic E-state index is 0.0719. The zero-order chi connectivity index (χ0) is 24.1. The summed E-state index contributed by atoms with van der Waals surface area (Å²) in [4.78, 5) is 29.5. The van der Waals surface area contributed by atoms with Gasteiger partial charge < -0.3 is 15.0 Å². The molecule has 4 rings (SSSR count). The Morgan fingerprint density at radius 2 is 1.62 bits per heavy atom. The van der Waals surface area contributed by atoms with E-state index in [1.54, 1.807) is 48.4 Å². The maximum absolute atomic E-state index is 13.4. The highest BCUT2D eigenvalue weighted by Gasteiger charge is 2.43. The fourth-order valence-corrected chi connectivity index (χ4v) is 4.18. The van der Waals surface area contributed by atoms with Gasteiger partial charge >= 0.3 is 0 Å². The molecule has 0 saturated carbocycles. The van der Waals surface area contributed by atoms with Crippen LogP contribution in [0.3, 0.4) is 0 Å². The van der Waals surface area contributed by atoms with Crippen molar-refractivity contribution in [2.75, 3.05) is 12.4 Å². The van der Waals surface area contributed by atoms with Crippen molar-refractivity contribution in [3.8, 4) is 5.75 Å². The number of ether oxygens (including phenoxy) is 1. The molecule has 0 spiro atoms. The van der Waals surface area contributed by atoms with Crippen LogP contribution < -0.4 is 10.1 Å². The van der Waals surface area contributed by atoms with Gasteiger partial charge in [-0.2, -0.15) is 0 Å². The van der Waals surface area contributed by atoms with E-state index in [-0.39, 0.29) is 30.6 Å². The molecule has 3 aromatic rings. The molecule has 1 atom stereocenters. The van der Waals surface area contributed by atoms with Crippen LogP contribution in [-0.4, -0.2) is 39.9 Å². The van der Waals surface area contributed by atoms with Gasteiger partial charge in [-0.05, 0) is 59.7 Å². The quantitative estimate of drug-likeness (QED) is 0.489. The Balaban J connectivity index is 1.53. The van der Waals surface area contributed by atoms with E-state index in [1.807, 2.05) is 30.3 Å². The summed E-state index contributed by atoms with van der Waals surface area (Å²) < 4.78 is 18.5.